The van der Waals surface area contributed by atoms with Crippen molar-refractivity contribution in [3.05, 3.63) is 53.1 Å². The van der Waals surface area contributed by atoms with Crippen LogP contribution in [0.3, 0.4) is 0 Å². The summed E-state index contributed by atoms with van der Waals surface area (Å²) in [5.74, 6) is -0.769. The van der Waals surface area contributed by atoms with Crippen LogP contribution in [0.1, 0.15) is 10.4 Å². The molecule has 0 spiro atoms. The van der Waals surface area contributed by atoms with Crippen molar-refractivity contribution in [1.29, 1.82) is 0 Å². The van der Waals surface area contributed by atoms with Gasteiger partial charge < -0.3 is 19.9 Å². The highest BCUT2D eigenvalue weighted by Crippen LogP contribution is 2.28. The molecule has 1 heterocycles. The van der Waals surface area contributed by atoms with E-state index in [2.05, 4.69) is 5.32 Å². The molecule has 2 amide bonds. The number of hydrogen-bond donors (Lipinski definition) is 1. The molecule has 0 aliphatic carbocycles. The lowest BCUT2D eigenvalue weighted by Gasteiger charge is -2.26. The third-order valence-corrected chi connectivity index (χ3v) is 7.54. The SMILES string of the molecule is CN(CC(=O)Nc1ccc(Cl)c(S(=O)(=O)N2CCOCC2)c1)C(=O)c1ccc(N(C)C)cc1. The molecule has 0 unspecified atom stereocenters. The molecule has 3 rings (SSSR count). The van der Waals surface area contributed by atoms with Gasteiger partial charge in [0.15, 0.2) is 0 Å². The first kappa shape index (κ1) is 25.0. The van der Waals surface area contributed by atoms with Gasteiger partial charge in [-0.1, -0.05) is 11.6 Å². The Labute approximate surface area is 198 Å². The number of nitrogens with zero attached hydrogens (tertiary/aromatic N) is 3. The van der Waals surface area contributed by atoms with E-state index < -0.39 is 15.9 Å². The third-order valence-electron chi connectivity index (χ3n) is 5.16. The largest absolute Gasteiger partial charge is 0.379 e. The molecule has 9 nitrogen and oxygen atoms in total. The Bertz CT molecular complexity index is 1120. The summed E-state index contributed by atoms with van der Waals surface area (Å²) in [4.78, 5) is 28.3. The highest BCUT2D eigenvalue weighted by molar-refractivity contribution is 7.89. The van der Waals surface area contributed by atoms with Gasteiger partial charge in [-0.3, -0.25) is 9.59 Å². The molecule has 1 fully saturated rings. The maximum absolute atomic E-state index is 13.0. The molecule has 1 N–H and O–H groups in total. The molecular formula is C22H27ClN4O5S. The van der Waals surface area contributed by atoms with E-state index >= 15 is 0 Å². The number of benzene rings is 2. The molecule has 2 aromatic carbocycles. The van der Waals surface area contributed by atoms with Gasteiger partial charge in [-0.15, -0.1) is 0 Å². The number of halogens is 1. The Morgan fingerprint density at radius 2 is 1.70 bits per heavy atom. The van der Waals surface area contributed by atoms with Gasteiger partial charge in [0.2, 0.25) is 15.9 Å². The lowest BCUT2D eigenvalue weighted by atomic mass is 10.2. The van der Waals surface area contributed by atoms with Crippen molar-refractivity contribution in [2.24, 2.45) is 0 Å². The zero-order chi connectivity index (χ0) is 24.2. The highest BCUT2D eigenvalue weighted by atomic mass is 35.5. The molecule has 1 saturated heterocycles. The highest BCUT2D eigenvalue weighted by Gasteiger charge is 2.28. The molecule has 0 radical (unpaired) electrons. The van der Waals surface area contributed by atoms with E-state index in [-0.39, 0.29) is 41.1 Å². The second kappa shape index (κ2) is 10.5. The lowest BCUT2D eigenvalue weighted by molar-refractivity contribution is -0.116. The van der Waals surface area contributed by atoms with Gasteiger partial charge in [-0.25, -0.2) is 8.42 Å². The zero-order valence-electron chi connectivity index (χ0n) is 18.7. The summed E-state index contributed by atoms with van der Waals surface area (Å²) in [5.41, 5.74) is 1.69. The fraction of sp³-hybridized carbons (Fsp3) is 0.364. The molecule has 33 heavy (non-hydrogen) atoms. The molecule has 178 valence electrons. The van der Waals surface area contributed by atoms with Gasteiger partial charge >= 0.3 is 0 Å². The topological polar surface area (TPSA) is 99.3 Å². The smallest absolute Gasteiger partial charge is 0.254 e. The number of morpholine rings is 1. The van der Waals surface area contributed by atoms with Crippen LogP contribution in [-0.4, -0.2) is 83.4 Å². The average Bonchev–Trinajstić information content (AvgIpc) is 2.80. The summed E-state index contributed by atoms with van der Waals surface area (Å²) in [6.07, 6.45) is 0. The number of hydrogen-bond acceptors (Lipinski definition) is 6. The van der Waals surface area contributed by atoms with Gasteiger partial charge in [0.25, 0.3) is 5.91 Å². The summed E-state index contributed by atoms with van der Waals surface area (Å²) in [6.45, 7) is 0.884. The van der Waals surface area contributed by atoms with Crippen LogP contribution in [0.15, 0.2) is 47.4 Å². The molecule has 0 bridgehead atoms. The Morgan fingerprint density at radius 3 is 2.30 bits per heavy atom. The minimum atomic E-state index is -3.83. The number of likely N-dealkylation sites (N-methyl/N-ethyl adjacent to an activating group) is 1. The average molecular weight is 495 g/mol. The fourth-order valence-corrected chi connectivity index (χ4v) is 5.22. The predicted molar refractivity (Wildman–Crippen MR) is 127 cm³/mol. The zero-order valence-corrected chi connectivity index (χ0v) is 20.3. The first-order valence-electron chi connectivity index (χ1n) is 10.3. The Balaban J connectivity index is 1.67. The predicted octanol–water partition coefficient (Wildman–Crippen LogP) is 2.14. The quantitative estimate of drug-likeness (QED) is 0.633. The molecule has 0 atom stereocenters. The number of carbonyl (C=O) groups excluding carboxylic acids is 2. The number of nitrogens with one attached hydrogen (secondary N) is 1. The molecule has 1 aliphatic heterocycles. The van der Waals surface area contributed by atoms with E-state index in [9.17, 15) is 18.0 Å². The van der Waals surface area contributed by atoms with Crippen LogP contribution >= 0.6 is 11.6 Å². The second-order valence-corrected chi connectivity index (χ2v) is 10.1. The van der Waals surface area contributed by atoms with Crippen LogP contribution in [0.4, 0.5) is 11.4 Å². The standard InChI is InChI=1S/C22H27ClN4O5S/c1-25(2)18-7-4-16(5-8-18)22(29)26(3)15-21(28)24-17-6-9-19(23)20(14-17)33(30,31)27-10-12-32-13-11-27/h4-9,14H,10-13,15H2,1-3H3,(H,24,28). The number of amides is 2. The Kier molecular flexibility index (Phi) is 7.96. The third kappa shape index (κ3) is 6.02. The maximum Gasteiger partial charge on any atom is 0.254 e. The number of anilines is 2. The van der Waals surface area contributed by atoms with Crippen LogP contribution in [0.5, 0.6) is 0 Å². The molecule has 0 saturated carbocycles. The van der Waals surface area contributed by atoms with Gasteiger partial charge in [-0.2, -0.15) is 4.31 Å². The number of sulfonamides is 1. The molecule has 0 aromatic heterocycles. The van der Waals surface area contributed by atoms with E-state index in [1.807, 2.05) is 31.1 Å². The van der Waals surface area contributed by atoms with Crippen molar-refractivity contribution in [3.8, 4) is 0 Å². The van der Waals surface area contributed by atoms with Crippen molar-refractivity contribution < 1.29 is 22.7 Å². The van der Waals surface area contributed by atoms with Crippen molar-refractivity contribution >= 4 is 44.8 Å². The second-order valence-electron chi connectivity index (χ2n) is 7.81. The van der Waals surface area contributed by atoms with Crippen molar-refractivity contribution in [2.45, 2.75) is 4.90 Å². The van der Waals surface area contributed by atoms with Crippen LogP contribution in [0.25, 0.3) is 0 Å². The first-order chi connectivity index (χ1) is 15.6. The lowest BCUT2D eigenvalue weighted by Crippen LogP contribution is -2.40. The monoisotopic (exact) mass is 494 g/mol. The fourth-order valence-electron chi connectivity index (χ4n) is 3.32. The van der Waals surface area contributed by atoms with E-state index in [4.69, 9.17) is 16.3 Å². The summed E-state index contributed by atoms with van der Waals surface area (Å²) in [7, 11) is 1.50. The van der Waals surface area contributed by atoms with Crippen molar-refractivity contribution in [1.82, 2.24) is 9.21 Å². The van der Waals surface area contributed by atoms with Gasteiger partial charge in [0, 0.05) is 51.2 Å². The van der Waals surface area contributed by atoms with Crippen LogP contribution < -0.4 is 10.2 Å². The van der Waals surface area contributed by atoms with E-state index in [0.717, 1.165) is 5.69 Å². The first-order valence-corrected chi connectivity index (χ1v) is 12.1. The maximum atomic E-state index is 13.0. The number of rotatable bonds is 7. The van der Waals surface area contributed by atoms with E-state index in [1.54, 1.807) is 12.1 Å². The minimum absolute atomic E-state index is 0.0629. The molecular weight excluding hydrogens is 468 g/mol. The minimum Gasteiger partial charge on any atom is -0.379 e. The normalized spacial score (nSPS) is 14.5. The van der Waals surface area contributed by atoms with E-state index in [1.165, 1.54) is 34.5 Å². The van der Waals surface area contributed by atoms with Gasteiger partial charge in [0.1, 0.15) is 4.90 Å². The summed E-state index contributed by atoms with van der Waals surface area (Å²) >= 11 is 6.16. The Hall–Kier alpha value is -2.66. The molecule has 1 aliphatic rings. The Morgan fingerprint density at radius 1 is 1.06 bits per heavy atom. The van der Waals surface area contributed by atoms with E-state index in [0.29, 0.717) is 18.8 Å². The van der Waals surface area contributed by atoms with Crippen LogP contribution in [0, 0.1) is 0 Å². The molecule has 2 aromatic rings. The number of carbonyl (C=O) groups is 2. The summed E-state index contributed by atoms with van der Waals surface area (Å²) in [6, 6.07) is 11.3. The summed E-state index contributed by atoms with van der Waals surface area (Å²) < 4.78 is 32.4. The molecule has 11 heteroatoms. The van der Waals surface area contributed by atoms with Crippen molar-refractivity contribution in [3.63, 3.8) is 0 Å². The van der Waals surface area contributed by atoms with Crippen molar-refractivity contribution in [2.75, 3.05) is 64.2 Å². The van der Waals surface area contributed by atoms with Gasteiger partial charge in [-0.05, 0) is 42.5 Å². The van der Waals surface area contributed by atoms with Crippen LogP contribution in [-0.2, 0) is 19.6 Å². The number of ether oxygens (including phenoxy) is 1. The van der Waals surface area contributed by atoms with Crippen LogP contribution in [0.2, 0.25) is 5.02 Å². The van der Waals surface area contributed by atoms with Gasteiger partial charge in [0.05, 0.1) is 24.8 Å². The summed E-state index contributed by atoms with van der Waals surface area (Å²) in [5, 5.41) is 2.70.